The van der Waals surface area contributed by atoms with Gasteiger partial charge in [-0.25, -0.2) is 4.98 Å². The van der Waals surface area contributed by atoms with Crippen LogP contribution < -0.4 is 10.1 Å². The number of thioether (sulfide) groups is 1. The maximum atomic E-state index is 12.8. The fraction of sp³-hybridized carbons (Fsp3) is 0.400. The molecule has 0 saturated carbocycles. The van der Waals surface area contributed by atoms with E-state index < -0.39 is 6.10 Å². The maximum Gasteiger partial charge on any atom is 0.253 e. The Morgan fingerprint density at radius 2 is 1.88 bits per heavy atom. The smallest absolute Gasteiger partial charge is 0.253 e. The largest absolute Gasteiger partial charge is 0.497 e. The van der Waals surface area contributed by atoms with Crippen molar-refractivity contribution >= 4 is 34.6 Å². The first kappa shape index (κ1) is 25.6. The zero-order chi connectivity index (χ0) is 24.5. The number of aliphatic hydroxyl groups is 1. The summed E-state index contributed by atoms with van der Waals surface area (Å²) in [6.07, 6.45) is 1.000. The van der Waals surface area contributed by atoms with Crippen molar-refractivity contribution in [1.29, 1.82) is 0 Å². The van der Waals surface area contributed by atoms with E-state index in [1.54, 1.807) is 31.4 Å². The summed E-state index contributed by atoms with van der Waals surface area (Å²) in [5.74, 6) is 0.691. The second kappa shape index (κ2) is 12.4. The molecule has 0 aliphatic heterocycles. The minimum absolute atomic E-state index is 0.0711. The van der Waals surface area contributed by atoms with Crippen LogP contribution in [0.15, 0.2) is 47.6 Å². The average Bonchev–Trinajstić information content (AvgIpc) is 3.27. The summed E-state index contributed by atoms with van der Waals surface area (Å²) in [4.78, 5) is 34.9. The van der Waals surface area contributed by atoms with Crippen molar-refractivity contribution in [2.24, 2.45) is 0 Å². The standard InChI is InChI=1S/C25H32N4O4S/c1-4-11-29(12-5-2)24(32)18-8-6-7-17(13-18)23(31)26-15-19(30)16-34-25-27-21-10-9-20(33-3)14-22(21)28-25/h6-10,13-14,19,30H,4-5,11-12,15-16H2,1-3H3,(H,26,31)(H,27,28)/t19-/m0/s1. The fourth-order valence-electron chi connectivity index (χ4n) is 3.53. The predicted molar refractivity (Wildman–Crippen MR) is 135 cm³/mol. The Hall–Kier alpha value is -3.04. The molecule has 34 heavy (non-hydrogen) atoms. The Morgan fingerprint density at radius 1 is 1.15 bits per heavy atom. The Labute approximate surface area is 204 Å². The lowest BCUT2D eigenvalue weighted by Gasteiger charge is -2.21. The first-order valence-electron chi connectivity index (χ1n) is 11.5. The van der Waals surface area contributed by atoms with Crippen molar-refractivity contribution in [2.75, 3.05) is 32.5 Å². The molecule has 9 heteroatoms. The highest BCUT2D eigenvalue weighted by Crippen LogP contribution is 2.23. The van der Waals surface area contributed by atoms with Crippen LogP contribution in [0.3, 0.4) is 0 Å². The molecule has 0 saturated heterocycles. The van der Waals surface area contributed by atoms with E-state index in [1.807, 2.05) is 36.9 Å². The number of nitrogens with zero attached hydrogens (tertiary/aromatic N) is 2. The number of aromatic nitrogens is 2. The van der Waals surface area contributed by atoms with E-state index in [9.17, 15) is 14.7 Å². The van der Waals surface area contributed by atoms with Crippen molar-refractivity contribution in [2.45, 2.75) is 37.9 Å². The number of carbonyl (C=O) groups is 2. The highest BCUT2D eigenvalue weighted by molar-refractivity contribution is 7.99. The molecule has 2 amide bonds. The summed E-state index contributed by atoms with van der Waals surface area (Å²) >= 11 is 1.37. The predicted octanol–water partition coefficient (Wildman–Crippen LogP) is 3.72. The van der Waals surface area contributed by atoms with Crippen LogP contribution in [0.4, 0.5) is 0 Å². The molecule has 1 heterocycles. The summed E-state index contributed by atoms with van der Waals surface area (Å²) < 4.78 is 5.21. The number of benzene rings is 2. The van der Waals surface area contributed by atoms with E-state index in [1.165, 1.54) is 11.8 Å². The van der Waals surface area contributed by atoms with E-state index in [-0.39, 0.29) is 18.4 Å². The number of H-pyrrole nitrogens is 1. The van der Waals surface area contributed by atoms with Gasteiger partial charge in [0.25, 0.3) is 11.8 Å². The number of carbonyl (C=O) groups excluding carboxylic acids is 2. The normalized spacial score (nSPS) is 11.9. The van der Waals surface area contributed by atoms with Crippen molar-refractivity contribution < 1.29 is 19.4 Å². The van der Waals surface area contributed by atoms with Crippen molar-refractivity contribution in [3.63, 3.8) is 0 Å². The zero-order valence-electron chi connectivity index (χ0n) is 19.8. The molecular formula is C25H32N4O4S. The number of fused-ring (bicyclic) bond motifs is 1. The first-order chi connectivity index (χ1) is 16.4. The van der Waals surface area contributed by atoms with Gasteiger partial charge < -0.3 is 25.0 Å². The summed E-state index contributed by atoms with van der Waals surface area (Å²) in [5, 5.41) is 13.8. The van der Waals surface area contributed by atoms with E-state index >= 15 is 0 Å². The average molecular weight is 485 g/mol. The summed E-state index contributed by atoms with van der Waals surface area (Å²) in [6, 6.07) is 12.3. The van der Waals surface area contributed by atoms with E-state index in [2.05, 4.69) is 15.3 Å². The van der Waals surface area contributed by atoms with Gasteiger partial charge in [0, 0.05) is 42.6 Å². The summed E-state index contributed by atoms with van der Waals surface area (Å²) in [7, 11) is 1.61. The minimum Gasteiger partial charge on any atom is -0.497 e. The SMILES string of the molecule is CCCN(CCC)C(=O)c1cccc(C(=O)NC[C@H](O)CSc2nc3cc(OC)ccc3[nH]2)c1. The number of hydrogen-bond acceptors (Lipinski definition) is 6. The molecule has 8 nitrogen and oxygen atoms in total. The number of methoxy groups -OCH3 is 1. The monoisotopic (exact) mass is 484 g/mol. The molecule has 0 fully saturated rings. The van der Waals surface area contributed by atoms with Gasteiger partial charge in [0.1, 0.15) is 5.75 Å². The third-order valence-electron chi connectivity index (χ3n) is 5.23. The van der Waals surface area contributed by atoms with Crippen LogP contribution in [0.25, 0.3) is 11.0 Å². The maximum absolute atomic E-state index is 12.8. The van der Waals surface area contributed by atoms with Gasteiger partial charge in [-0.15, -0.1) is 0 Å². The molecule has 0 spiro atoms. The Balaban J connectivity index is 1.53. The number of nitrogens with one attached hydrogen (secondary N) is 2. The third kappa shape index (κ3) is 6.74. The number of aliphatic hydroxyl groups excluding tert-OH is 1. The lowest BCUT2D eigenvalue weighted by Crippen LogP contribution is -2.34. The van der Waals surface area contributed by atoms with Gasteiger partial charge in [-0.1, -0.05) is 31.7 Å². The highest BCUT2D eigenvalue weighted by atomic mass is 32.2. The number of rotatable bonds is 12. The second-order valence-electron chi connectivity index (χ2n) is 7.97. The highest BCUT2D eigenvalue weighted by Gasteiger charge is 2.17. The molecule has 3 N–H and O–H groups in total. The van der Waals surface area contributed by atoms with Crippen LogP contribution in [0.5, 0.6) is 5.75 Å². The van der Waals surface area contributed by atoms with Crippen molar-refractivity contribution in [3.8, 4) is 5.75 Å². The molecule has 3 aromatic rings. The zero-order valence-corrected chi connectivity index (χ0v) is 20.7. The molecule has 0 aliphatic rings. The molecule has 182 valence electrons. The summed E-state index contributed by atoms with van der Waals surface area (Å²) in [6.45, 7) is 5.54. The van der Waals surface area contributed by atoms with Gasteiger partial charge in [-0.05, 0) is 43.2 Å². The molecule has 3 rings (SSSR count). The number of ether oxygens (including phenoxy) is 1. The third-order valence-corrected chi connectivity index (χ3v) is 6.24. The quantitative estimate of drug-likeness (QED) is 0.338. The lowest BCUT2D eigenvalue weighted by molar-refractivity contribution is 0.0755. The van der Waals surface area contributed by atoms with Crippen LogP contribution in [0, 0.1) is 0 Å². The van der Waals surface area contributed by atoms with E-state index in [0.717, 1.165) is 29.6 Å². The number of aromatic amines is 1. The molecular weight excluding hydrogens is 452 g/mol. The van der Waals surface area contributed by atoms with Crippen LogP contribution in [-0.2, 0) is 0 Å². The Morgan fingerprint density at radius 3 is 2.59 bits per heavy atom. The number of hydrogen-bond donors (Lipinski definition) is 3. The topological polar surface area (TPSA) is 108 Å². The lowest BCUT2D eigenvalue weighted by atomic mass is 10.1. The van der Waals surface area contributed by atoms with Crippen LogP contribution in [0.1, 0.15) is 47.4 Å². The van der Waals surface area contributed by atoms with Gasteiger partial charge in [-0.3, -0.25) is 9.59 Å². The van der Waals surface area contributed by atoms with E-state index in [0.29, 0.717) is 35.1 Å². The van der Waals surface area contributed by atoms with Gasteiger partial charge in [0.05, 0.1) is 24.2 Å². The van der Waals surface area contributed by atoms with Crippen LogP contribution in [0.2, 0.25) is 0 Å². The van der Waals surface area contributed by atoms with Gasteiger partial charge in [0.2, 0.25) is 0 Å². The Kier molecular flexibility index (Phi) is 9.35. The molecule has 2 aromatic carbocycles. The Bertz CT molecular complexity index is 1110. The van der Waals surface area contributed by atoms with Crippen molar-refractivity contribution in [3.05, 3.63) is 53.6 Å². The molecule has 0 radical (unpaired) electrons. The number of amides is 2. The minimum atomic E-state index is -0.758. The van der Waals surface area contributed by atoms with Crippen LogP contribution >= 0.6 is 11.8 Å². The van der Waals surface area contributed by atoms with Gasteiger partial charge in [-0.2, -0.15) is 0 Å². The molecule has 1 atom stereocenters. The molecule has 0 bridgehead atoms. The number of imidazole rings is 1. The van der Waals surface area contributed by atoms with Gasteiger partial charge >= 0.3 is 0 Å². The molecule has 1 aromatic heterocycles. The van der Waals surface area contributed by atoms with Gasteiger partial charge in [0.15, 0.2) is 5.16 Å². The summed E-state index contributed by atoms with van der Waals surface area (Å²) in [5.41, 5.74) is 2.56. The van der Waals surface area contributed by atoms with Crippen molar-refractivity contribution in [1.82, 2.24) is 20.2 Å². The molecule has 0 unspecified atom stereocenters. The second-order valence-corrected chi connectivity index (χ2v) is 8.98. The fourth-order valence-corrected chi connectivity index (χ4v) is 4.35. The molecule has 0 aliphatic carbocycles. The van der Waals surface area contributed by atoms with Crippen LogP contribution in [-0.4, -0.2) is 70.4 Å². The van der Waals surface area contributed by atoms with E-state index in [4.69, 9.17) is 4.74 Å². The first-order valence-corrected chi connectivity index (χ1v) is 12.5.